The van der Waals surface area contributed by atoms with Crippen molar-refractivity contribution in [2.45, 2.75) is 45.6 Å². The third-order valence-electron chi connectivity index (χ3n) is 5.44. The second-order valence-corrected chi connectivity index (χ2v) is 7.99. The lowest BCUT2D eigenvalue weighted by molar-refractivity contribution is -0.928. The lowest BCUT2D eigenvalue weighted by Gasteiger charge is -2.30. The summed E-state index contributed by atoms with van der Waals surface area (Å²) in [5.41, 5.74) is 0.958. The highest BCUT2D eigenvalue weighted by molar-refractivity contribution is 6.30. The van der Waals surface area contributed by atoms with Crippen LogP contribution in [0.3, 0.4) is 0 Å². The molecule has 1 aromatic heterocycles. The standard InChI is InChI=1S/C21H27ClN4O2/c1-15-6-3-4-12-25(15)13-5-11-23-21(28)20-19(27)14-16(2)26(24-20)18-9-7-17(22)8-10-18/h7-10,14-15H,3-6,11-13H2,1-2H3,(H,23,28)/p+1/t15-/m0/s1. The first kappa shape index (κ1) is 20.6. The Morgan fingerprint density at radius 3 is 2.79 bits per heavy atom. The van der Waals surface area contributed by atoms with Crippen molar-refractivity contribution in [3.05, 3.63) is 57.0 Å². The molecule has 0 aliphatic carbocycles. The van der Waals surface area contributed by atoms with E-state index in [1.165, 1.54) is 31.9 Å². The van der Waals surface area contributed by atoms with Gasteiger partial charge in [0.1, 0.15) is 0 Å². The van der Waals surface area contributed by atoms with E-state index in [-0.39, 0.29) is 11.1 Å². The topological polar surface area (TPSA) is 68.4 Å². The molecule has 1 unspecified atom stereocenters. The number of amides is 1. The number of nitrogens with zero attached hydrogens (tertiary/aromatic N) is 2. The minimum absolute atomic E-state index is 0.0840. The van der Waals surface area contributed by atoms with Crippen molar-refractivity contribution in [2.24, 2.45) is 0 Å². The quantitative estimate of drug-likeness (QED) is 0.722. The summed E-state index contributed by atoms with van der Waals surface area (Å²) in [7, 11) is 0. The zero-order valence-electron chi connectivity index (χ0n) is 16.5. The minimum atomic E-state index is -0.422. The van der Waals surface area contributed by atoms with E-state index in [9.17, 15) is 9.59 Å². The van der Waals surface area contributed by atoms with Crippen molar-refractivity contribution in [3.63, 3.8) is 0 Å². The first-order valence-corrected chi connectivity index (χ1v) is 10.3. The molecule has 7 heteroatoms. The number of benzene rings is 1. The third-order valence-corrected chi connectivity index (χ3v) is 5.69. The van der Waals surface area contributed by atoms with Crippen molar-refractivity contribution in [1.29, 1.82) is 0 Å². The smallest absolute Gasteiger partial charge is 0.275 e. The Hall–Kier alpha value is -2.18. The average molecular weight is 404 g/mol. The summed E-state index contributed by atoms with van der Waals surface area (Å²) in [6, 6.07) is 9.24. The number of likely N-dealkylation sites (tertiary alicyclic amines) is 1. The van der Waals surface area contributed by atoms with Crippen LogP contribution in [0.2, 0.25) is 5.02 Å². The van der Waals surface area contributed by atoms with Gasteiger partial charge in [-0.2, -0.15) is 5.10 Å². The van der Waals surface area contributed by atoms with Crippen LogP contribution >= 0.6 is 11.6 Å². The molecule has 1 aliphatic rings. The predicted octanol–water partition coefficient (Wildman–Crippen LogP) is 1.77. The lowest BCUT2D eigenvalue weighted by Crippen LogP contribution is -3.16. The first-order chi connectivity index (χ1) is 13.5. The number of aryl methyl sites for hydroxylation is 1. The number of halogens is 1. The van der Waals surface area contributed by atoms with E-state index in [1.807, 2.05) is 0 Å². The molecule has 2 aromatic rings. The summed E-state index contributed by atoms with van der Waals surface area (Å²) in [5, 5.41) is 7.76. The summed E-state index contributed by atoms with van der Waals surface area (Å²) in [6.45, 7) is 6.87. The highest BCUT2D eigenvalue weighted by Gasteiger charge is 2.21. The van der Waals surface area contributed by atoms with Crippen molar-refractivity contribution < 1.29 is 9.69 Å². The van der Waals surface area contributed by atoms with Gasteiger partial charge in [0.05, 0.1) is 24.8 Å². The van der Waals surface area contributed by atoms with E-state index in [0.717, 1.165) is 18.7 Å². The van der Waals surface area contributed by atoms with Crippen LogP contribution in [0.1, 0.15) is 48.8 Å². The molecule has 0 radical (unpaired) electrons. The maximum absolute atomic E-state index is 12.5. The van der Waals surface area contributed by atoms with E-state index >= 15 is 0 Å². The van der Waals surface area contributed by atoms with Gasteiger partial charge in [0.2, 0.25) is 5.43 Å². The minimum Gasteiger partial charge on any atom is -0.350 e. The number of nitrogens with one attached hydrogen (secondary N) is 2. The van der Waals surface area contributed by atoms with E-state index in [4.69, 9.17) is 11.6 Å². The molecule has 28 heavy (non-hydrogen) atoms. The summed E-state index contributed by atoms with van der Waals surface area (Å²) >= 11 is 5.94. The number of piperidine rings is 1. The molecule has 0 bridgehead atoms. The number of aromatic nitrogens is 2. The second kappa shape index (κ2) is 9.34. The molecule has 3 rings (SSSR count). The van der Waals surface area contributed by atoms with Crippen molar-refractivity contribution >= 4 is 17.5 Å². The van der Waals surface area contributed by atoms with Crippen molar-refractivity contribution in [2.75, 3.05) is 19.6 Å². The average Bonchev–Trinajstić information content (AvgIpc) is 2.67. The number of hydrogen-bond donors (Lipinski definition) is 2. The van der Waals surface area contributed by atoms with Crippen LogP contribution in [0.25, 0.3) is 5.69 Å². The molecule has 2 atom stereocenters. The number of rotatable bonds is 6. The number of carbonyl (C=O) groups excluding carboxylic acids is 1. The zero-order chi connectivity index (χ0) is 20.1. The number of quaternary nitrogens is 1. The Balaban J connectivity index is 1.63. The Bertz CT molecular complexity index is 879. The van der Waals surface area contributed by atoms with Crippen LogP contribution in [-0.2, 0) is 0 Å². The Labute approximate surface area is 170 Å². The van der Waals surface area contributed by atoms with Crippen molar-refractivity contribution in [1.82, 2.24) is 15.1 Å². The SMILES string of the molecule is Cc1cc(=O)c(C(=O)NCCC[NH+]2CCCC[C@@H]2C)nn1-c1ccc(Cl)cc1. The van der Waals surface area contributed by atoms with Gasteiger partial charge in [0.25, 0.3) is 5.91 Å². The van der Waals surface area contributed by atoms with Gasteiger partial charge in [-0.15, -0.1) is 0 Å². The summed E-state index contributed by atoms with van der Waals surface area (Å²) in [6.07, 6.45) is 4.77. The summed E-state index contributed by atoms with van der Waals surface area (Å²) < 4.78 is 1.59. The second-order valence-electron chi connectivity index (χ2n) is 7.55. The monoisotopic (exact) mass is 403 g/mol. The third kappa shape index (κ3) is 5.00. The number of carbonyl (C=O) groups is 1. The molecule has 1 fully saturated rings. The van der Waals surface area contributed by atoms with Crippen LogP contribution in [0.5, 0.6) is 0 Å². The van der Waals surface area contributed by atoms with Gasteiger partial charge in [0, 0.05) is 29.7 Å². The summed E-state index contributed by atoms with van der Waals surface area (Å²) in [4.78, 5) is 26.4. The molecular weight excluding hydrogens is 376 g/mol. The molecule has 1 amide bonds. The summed E-state index contributed by atoms with van der Waals surface area (Å²) in [5.74, 6) is -0.422. The maximum atomic E-state index is 12.5. The van der Waals surface area contributed by atoms with Gasteiger partial charge in [-0.1, -0.05) is 11.6 Å². The zero-order valence-corrected chi connectivity index (χ0v) is 17.3. The predicted molar refractivity (Wildman–Crippen MR) is 111 cm³/mol. The Morgan fingerprint density at radius 2 is 2.07 bits per heavy atom. The molecule has 0 saturated carbocycles. The largest absolute Gasteiger partial charge is 0.350 e. The maximum Gasteiger partial charge on any atom is 0.275 e. The van der Waals surface area contributed by atoms with Gasteiger partial charge in [0.15, 0.2) is 5.69 Å². The van der Waals surface area contributed by atoms with Crippen LogP contribution in [-0.4, -0.2) is 41.4 Å². The van der Waals surface area contributed by atoms with Crippen molar-refractivity contribution in [3.8, 4) is 5.69 Å². The normalized spacial score (nSPS) is 19.4. The van der Waals surface area contributed by atoms with E-state index < -0.39 is 5.91 Å². The van der Waals surface area contributed by atoms with Gasteiger partial charge < -0.3 is 10.2 Å². The highest BCUT2D eigenvalue weighted by Crippen LogP contribution is 2.13. The molecule has 2 heterocycles. The fraction of sp³-hybridized carbons (Fsp3) is 0.476. The number of hydrogen-bond acceptors (Lipinski definition) is 3. The Morgan fingerprint density at radius 1 is 1.32 bits per heavy atom. The molecule has 1 aliphatic heterocycles. The van der Waals surface area contributed by atoms with Gasteiger partial charge in [-0.3, -0.25) is 9.59 Å². The van der Waals surface area contributed by atoms with Crippen LogP contribution in [0.15, 0.2) is 35.1 Å². The van der Waals surface area contributed by atoms with Crippen LogP contribution < -0.4 is 15.6 Å². The van der Waals surface area contributed by atoms with Gasteiger partial charge >= 0.3 is 0 Å². The molecule has 1 saturated heterocycles. The molecular formula is C21H28ClN4O2+. The molecule has 2 N–H and O–H groups in total. The van der Waals surface area contributed by atoms with E-state index in [1.54, 1.807) is 40.8 Å². The highest BCUT2D eigenvalue weighted by atomic mass is 35.5. The molecule has 150 valence electrons. The van der Waals surface area contributed by atoms with Crippen LogP contribution in [0, 0.1) is 6.92 Å². The van der Waals surface area contributed by atoms with Crippen LogP contribution in [0.4, 0.5) is 0 Å². The van der Waals surface area contributed by atoms with Gasteiger partial charge in [-0.25, -0.2) is 4.68 Å². The van der Waals surface area contributed by atoms with Gasteiger partial charge in [-0.05, 0) is 57.4 Å². The fourth-order valence-electron chi connectivity index (χ4n) is 3.77. The first-order valence-electron chi connectivity index (χ1n) is 9.95. The Kier molecular flexibility index (Phi) is 6.86. The molecule has 1 aromatic carbocycles. The lowest BCUT2D eigenvalue weighted by atomic mass is 10.0. The van der Waals surface area contributed by atoms with E-state index in [2.05, 4.69) is 17.3 Å². The molecule has 6 nitrogen and oxygen atoms in total. The van der Waals surface area contributed by atoms with E-state index in [0.29, 0.717) is 23.3 Å². The fourth-order valence-corrected chi connectivity index (χ4v) is 3.90. The molecule has 0 spiro atoms.